The molecule has 16 heteroatoms. The van der Waals surface area contributed by atoms with Gasteiger partial charge < -0.3 is 10.4 Å². The maximum atomic E-state index is 12.8. The van der Waals surface area contributed by atoms with Crippen LogP contribution in [-0.2, 0) is 14.4 Å². The van der Waals surface area contributed by atoms with Gasteiger partial charge in [-0.15, -0.1) is 22.0 Å². The first-order chi connectivity index (χ1) is 16.1. The maximum Gasteiger partial charge on any atom is 0.352 e. The van der Waals surface area contributed by atoms with E-state index in [-0.39, 0.29) is 17.1 Å². The number of amides is 2. The zero-order valence-electron chi connectivity index (χ0n) is 18.1. The standard InChI is InChI=1S/C18H19N7O6S3/c1-7-11(25(30)31)4-23(22-7)8(2)14(26)19-12-15(27)24-13(17(28)29)10(5-32-16(12)24)6-33-18-21-20-9(3)34-18/h4,8,12,16H,5-6H2,1-3H3,(H,19,26)(H,28,29)/t8-,12-,16-/m1/s1. The fraction of sp³-hybridized carbons (Fsp3) is 0.444. The van der Waals surface area contributed by atoms with Crippen LogP contribution in [0.15, 0.2) is 21.8 Å². The van der Waals surface area contributed by atoms with E-state index in [0.717, 1.165) is 5.01 Å². The lowest BCUT2D eigenvalue weighted by Gasteiger charge is -2.49. The molecular formula is C18H19N7O6S3. The molecule has 2 amide bonds. The third-order valence-corrected chi connectivity index (χ3v) is 8.69. The van der Waals surface area contributed by atoms with Crippen molar-refractivity contribution in [3.8, 4) is 0 Å². The molecule has 3 atom stereocenters. The van der Waals surface area contributed by atoms with E-state index in [1.165, 1.54) is 64.5 Å². The monoisotopic (exact) mass is 525 g/mol. The van der Waals surface area contributed by atoms with Crippen molar-refractivity contribution in [3.63, 3.8) is 0 Å². The quantitative estimate of drug-likeness (QED) is 0.220. The Morgan fingerprint density at radius 2 is 2.15 bits per heavy atom. The molecule has 0 radical (unpaired) electrons. The van der Waals surface area contributed by atoms with Crippen molar-refractivity contribution in [1.82, 2.24) is 30.2 Å². The highest BCUT2D eigenvalue weighted by Crippen LogP contribution is 2.42. The van der Waals surface area contributed by atoms with Gasteiger partial charge in [-0.2, -0.15) is 5.10 Å². The Morgan fingerprint density at radius 3 is 2.74 bits per heavy atom. The third kappa shape index (κ3) is 4.39. The van der Waals surface area contributed by atoms with Gasteiger partial charge in [-0.25, -0.2) is 4.79 Å². The van der Waals surface area contributed by atoms with Crippen LogP contribution < -0.4 is 5.32 Å². The number of nitrogens with one attached hydrogen (secondary N) is 1. The molecule has 0 saturated carbocycles. The van der Waals surface area contributed by atoms with E-state index in [1.807, 2.05) is 6.92 Å². The van der Waals surface area contributed by atoms with Gasteiger partial charge in [-0.3, -0.25) is 29.3 Å². The number of carbonyl (C=O) groups is 3. The van der Waals surface area contributed by atoms with E-state index in [9.17, 15) is 29.6 Å². The van der Waals surface area contributed by atoms with E-state index in [4.69, 9.17) is 0 Å². The summed E-state index contributed by atoms with van der Waals surface area (Å²) in [5.41, 5.74) is 0.485. The number of carboxylic acids is 1. The van der Waals surface area contributed by atoms with Gasteiger partial charge in [-0.05, 0) is 26.3 Å². The van der Waals surface area contributed by atoms with Crippen molar-refractivity contribution in [2.45, 2.75) is 42.6 Å². The average molecular weight is 526 g/mol. The summed E-state index contributed by atoms with van der Waals surface area (Å²) in [6, 6.07) is -1.80. The first-order valence-corrected chi connectivity index (χ1v) is 12.8. The molecule has 0 spiro atoms. The summed E-state index contributed by atoms with van der Waals surface area (Å²) in [5.74, 6) is -1.55. The second-order valence-electron chi connectivity index (χ2n) is 7.54. The number of thioether (sulfide) groups is 2. The lowest BCUT2D eigenvalue weighted by Crippen LogP contribution is -2.71. The molecule has 0 aliphatic carbocycles. The molecule has 1 fully saturated rings. The van der Waals surface area contributed by atoms with Crippen LogP contribution in [0.1, 0.15) is 23.7 Å². The molecule has 2 N–H and O–H groups in total. The Hall–Kier alpha value is -2.98. The number of aliphatic carboxylic acids is 1. The number of aromatic nitrogens is 4. The zero-order valence-corrected chi connectivity index (χ0v) is 20.6. The van der Waals surface area contributed by atoms with Crippen molar-refractivity contribution in [2.24, 2.45) is 0 Å². The highest BCUT2D eigenvalue weighted by atomic mass is 32.2. The molecule has 2 aromatic rings. The normalized spacial score (nSPS) is 20.6. The van der Waals surface area contributed by atoms with Gasteiger partial charge >= 0.3 is 11.7 Å². The van der Waals surface area contributed by atoms with Crippen LogP contribution in [-0.4, -0.2) is 75.6 Å². The first-order valence-electron chi connectivity index (χ1n) is 9.92. The van der Waals surface area contributed by atoms with Crippen molar-refractivity contribution in [3.05, 3.63) is 38.3 Å². The van der Waals surface area contributed by atoms with Gasteiger partial charge in [0.05, 0.1) is 4.92 Å². The number of hydrogen-bond donors (Lipinski definition) is 2. The molecule has 180 valence electrons. The fourth-order valence-electron chi connectivity index (χ4n) is 3.52. The molecule has 2 aliphatic heterocycles. The Morgan fingerprint density at radius 1 is 1.41 bits per heavy atom. The number of aryl methyl sites for hydroxylation is 2. The van der Waals surface area contributed by atoms with Gasteiger partial charge in [-0.1, -0.05) is 23.1 Å². The average Bonchev–Trinajstić information content (AvgIpc) is 3.39. The lowest BCUT2D eigenvalue weighted by molar-refractivity contribution is -0.385. The summed E-state index contributed by atoms with van der Waals surface area (Å²) in [4.78, 5) is 49.2. The molecule has 0 aromatic carbocycles. The predicted octanol–water partition coefficient (Wildman–Crippen LogP) is 1.35. The van der Waals surface area contributed by atoms with Crippen LogP contribution in [0.4, 0.5) is 5.69 Å². The van der Waals surface area contributed by atoms with Crippen LogP contribution in [0.3, 0.4) is 0 Å². The minimum absolute atomic E-state index is 0.0700. The van der Waals surface area contributed by atoms with Crippen molar-refractivity contribution in [2.75, 3.05) is 11.5 Å². The molecule has 0 unspecified atom stereocenters. The molecule has 4 rings (SSSR count). The summed E-state index contributed by atoms with van der Waals surface area (Å²) in [5, 5.41) is 35.7. The first kappa shape index (κ1) is 24.2. The maximum absolute atomic E-state index is 12.8. The number of β-lactam (4-membered cyclic amide) rings is 1. The molecular weight excluding hydrogens is 506 g/mol. The van der Waals surface area contributed by atoms with Gasteiger partial charge in [0.25, 0.3) is 5.91 Å². The fourth-order valence-corrected chi connectivity index (χ4v) is 6.82. The van der Waals surface area contributed by atoms with Crippen LogP contribution in [0, 0.1) is 24.0 Å². The topological polar surface area (TPSA) is 173 Å². The van der Waals surface area contributed by atoms with E-state index in [1.54, 1.807) is 0 Å². The summed E-state index contributed by atoms with van der Waals surface area (Å²) in [6.45, 7) is 4.80. The molecule has 4 heterocycles. The molecule has 2 aliphatic rings. The van der Waals surface area contributed by atoms with Crippen LogP contribution >= 0.6 is 34.9 Å². The van der Waals surface area contributed by atoms with E-state index in [0.29, 0.717) is 21.4 Å². The van der Waals surface area contributed by atoms with Gasteiger partial charge in [0.15, 0.2) is 4.34 Å². The Balaban J connectivity index is 1.45. The van der Waals surface area contributed by atoms with Crippen LogP contribution in [0.25, 0.3) is 0 Å². The highest BCUT2D eigenvalue weighted by Gasteiger charge is 2.54. The minimum atomic E-state index is -1.21. The third-order valence-electron chi connectivity index (χ3n) is 5.29. The number of nitro groups is 1. The number of carbonyl (C=O) groups excluding carboxylic acids is 2. The lowest BCUT2D eigenvalue weighted by atomic mass is 10.0. The summed E-state index contributed by atoms with van der Waals surface area (Å²) >= 11 is 4.13. The number of rotatable bonds is 8. The van der Waals surface area contributed by atoms with E-state index >= 15 is 0 Å². The van der Waals surface area contributed by atoms with Crippen molar-refractivity contribution in [1.29, 1.82) is 0 Å². The zero-order chi connectivity index (χ0) is 24.7. The minimum Gasteiger partial charge on any atom is -0.477 e. The molecule has 13 nitrogen and oxygen atoms in total. The number of nitrogens with zero attached hydrogens (tertiary/aromatic N) is 6. The van der Waals surface area contributed by atoms with E-state index in [2.05, 4.69) is 20.6 Å². The van der Waals surface area contributed by atoms with Crippen molar-refractivity contribution >= 4 is 58.3 Å². The Kier molecular flexibility index (Phi) is 6.64. The summed E-state index contributed by atoms with van der Waals surface area (Å²) in [6.07, 6.45) is 1.17. The molecule has 0 bridgehead atoms. The van der Waals surface area contributed by atoms with Gasteiger partial charge in [0, 0.05) is 11.5 Å². The second kappa shape index (κ2) is 9.34. The SMILES string of the molecule is Cc1nnc(SCC2=C(C(=O)O)N3C(=O)[C@@H](NC(=O)[C@@H](C)n4cc([N+](=O)[O-])c(C)n4)[C@H]3SC2)s1. The van der Waals surface area contributed by atoms with E-state index < -0.39 is 40.2 Å². The molecule has 34 heavy (non-hydrogen) atoms. The highest BCUT2D eigenvalue weighted by molar-refractivity contribution is 8.01. The Labute approximate surface area is 205 Å². The number of hydrogen-bond acceptors (Lipinski definition) is 11. The predicted molar refractivity (Wildman–Crippen MR) is 123 cm³/mol. The van der Waals surface area contributed by atoms with Gasteiger partial charge in [0.2, 0.25) is 5.91 Å². The smallest absolute Gasteiger partial charge is 0.352 e. The molecule has 1 saturated heterocycles. The van der Waals surface area contributed by atoms with Gasteiger partial charge in [0.1, 0.15) is 40.1 Å². The number of carboxylic acid groups (broad SMARTS) is 1. The number of fused-ring (bicyclic) bond motifs is 1. The largest absolute Gasteiger partial charge is 0.477 e. The summed E-state index contributed by atoms with van der Waals surface area (Å²) in [7, 11) is 0. The summed E-state index contributed by atoms with van der Waals surface area (Å²) < 4.78 is 1.88. The van der Waals surface area contributed by atoms with Crippen molar-refractivity contribution < 1.29 is 24.4 Å². The Bertz CT molecular complexity index is 1220. The van der Waals surface area contributed by atoms with Crippen LogP contribution in [0.5, 0.6) is 0 Å². The second-order valence-corrected chi connectivity index (χ2v) is 11.1. The molecule has 2 aromatic heterocycles. The van der Waals surface area contributed by atoms with Crippen LogP contribution in [0.2, 0.25) is 0 Å².